The zero-order valence-corrected chi connectivity index (χ0v) is 52.7. The molecular formula is C72H137NO5. The minimum atomic E-state index is -0.849. The van der Waals surface area contributed by atoms with Gasteiger partial charge in [0.25, 0.3) is 0 Å². The maximum absolute atomic E-state index is 12.5. The summed E-state index contributed by atoms with van der Waals surface area (Å²) in [6.07, 6.45) is 86.4. The monoisotopic (exact) mass is 1100 g/mol. The number of rotatable bonds is 66. The zero-order valence-electron chi connectivity index (χ0n) is 52.7. The van der Waals surface area contributed by atoms with Gasteiger partial charge in [0.05, 0.1) is 25.4 Å². The Morgan fingerprint density at radius 3 is 1.00 bits per heavy atom. The van der Waals surface area contributed by atoms with Crippen molar-refractivity contribution in [2.45, 2.75) is 398 Å². The molecule has 0 heterocycles. The molecule has 2 unspecified atom stereocenters. The van der Waals surface area contributed by atoms with Crippen molar-refractivity contribution >= 4 is 11.9 Å². The molecule has 0 aliphatic rings. The van der Waals surface area contributed by atoms with Crippen LogP contribution in [-0.4, -0.2) is 47.4 Å². The second-order valence-electron chi connectivity index (χ2n) is 24.2. The number of aliphatic hydroxyl groups excluding tert-OH is 2. The summed E-state index contributed by atoms with van der Waals surface area (Å²) in [4.78, 5) is 24.6. The first-order valence-electron chi connectivity index (χ1n) is 35.3. The third-order valence-electron chi connectivity index (χ3n) is 16.4. The van der Waals surface area contributed by atoms with Crippen LogP contribution in [0.3, 0.4) is 0 Å². The molecule has 0 aromatic carbocycles. The van der Waals surface area contributed by atoms with Crippen molar-refractivity contribution in [1.82, 2.24) is 5.32 Å². The summed E-state index contributed by atoms with van der Waals surface area (Å²) in [5.74, 6) is -0.0656. The van der Waals surface area contributed by atoms with Crippen LogP contribution in [0.2, 0.25) is 0 Å². The zero-order chi connectivity index (χ0) is 56.4. The predicted octanol–water partition coefficient (Wildman–Crippen LogP) is 22.7. The number of amides is 1. The van der Waals surface area contributed by atoms with Crippen molar-refractivity contribution in [2.75, 3.05) is 13.2 Å². The van der Waals surface area contributed by atoms with Crippen molar-refractivity contribution in [2.24, 2.45) is 0 Å². The fraction of sp³-hybridized carbons (Fsp3) is 0.889. The number of nitrogens with one attached hydrogen (secondary N) is 1. The lowest BCUT2D eigenvalue weighted by atomic mass is 10.0. The standard InChI is InChI=1S/C72H137NO5/c1-3-5-7-9-11-13-15-17-19-21-22-23-24-25-26-27-29-33-36-40-44-48-52-56-60-64-70(75)69(68-74)73-71(76)65-61-57-53-49-45-41-37-34-30-28-31-35-39-43-47-51-55-59-63-67-78-72(77)66-62-58-54-50-46-42-38-32-20-18-16-14-12-10-8-6-4-2/h12,14,18,20,60,64,69-70,74-75H,3-11,13,15-17,19,21-59,61-63,65-68H2,1-2H3,(H,73,76)/b14-12-,20-18-,64-60+. The number of unbranched alkanes of at least 4 members (excludes halogenated alkanes) is 51. The third kappa shape index (κ3) is 63.3. The average molecular weight is 1100 g/mol. The summed E-state index contributed by atoms with van der Waals surface area (Å²) in [7, 11) is 0. The molecule has 460 valence electrons. The van der Waals surface area contributed by atoms with Crippen LogP contribution >= 0.6 is 0 Å². The molecule has 1 amide bonds. The van der Waals surface area contributed by atoms with Crippen molar-refractivity contribution in [3.05, 3.63) is 36.5 Å². The molecule has 0 fully saturated rings. The van der Waals surface area contributed by atoms with E-state index in [1.165, 1.54) is 308 Å². The van der Waals surface area contributed by atoms with Gasteiger partial charge >= 0.3 is 5.97 Å². The van der Waals surface area contributed by atoms with Crippen LogP contribution in [-0.2, 0) is 14.3 Å². The Balaban J connectivity index is 3.43. The Hall–Kier alpha value is -1.92. The van der Waals surface area contributed by atoms with E-state index in [1.807, 2.05) is 6.08 Å². The fourth-order valence-corrected chi connectivity index (χ4v) is 11.0. The van der Waals surface area contributed by atoms with Crippen LogP contribution in [0.15, 0.2) is 36.5 Å². The summed E-state index contributed by atoms with van der Waals surface area (Å²) < 4.78 is 5.49. The van der Waals surface area contributed by atoms with Gasteiger partial charge in [-0.1, -0.05) is 346 Å². The summed E-state index contributed by atoms with van der Waals surface area (Å²) in [6, 6.07) is -0.632. The average Bonchev–Trinajstić information content (AvgIpc) is 3.44. The normalized spacial score (nSPS) is 12.7. The van der Waals surface area contributed by atoms with Crippen LogP contribution < -0.4 is 5.32 Å². The van der Waals surface area contributed by atoms with E-state index in [4.69, 9.17) is 4.74 Å². The van der Waals surface area contributed by atoms with E-state index in [1.54, 1.807) is 6.08 Å². The lowest BCUT2D eigenvalue weighted by Crippen LogP contribution is -2.45. The first-order chi connectivity index (χ1) is 38.5. The second-order valence-corrected chi connectivity index (χ2v) is 24.2. The molecule has 0 aliphatic carbocycles. The number of hydrogen-bond acceptors (Lipinski definition) is 5. The number of carbonyl (C=O) groups is 2. The fourth-order valence-electron chi connectivity index (χ4n) is 11.0. The van der Waals surface area contributed by atoms with E-state index in [2.05, 4.69) is 43.5 Å². The number of allylic oxidation sites excluding steroid dienone is 5. The van der Waals surface area contributed by atoms with Gasteiger partial charge in [-0.2, -0.15) is 0 Å². The van der Waals surface area contributed by atoms with Crippen molar-refractivity contribution in [1.29, 1.82) is 0 Å². The first kappa shape index (κ1) is 76.1. The highest BCUT2D eigenvalue weighted by Crippen LogP contribution is 2.19. The highest BCUT2D eigenvalue weighted by molar-refractivity contribution is 5.76. The van der Waals surface area contributed by atoms with E-state index in [-0.39, 0.29) is 18.5 Å². The second kappa shape index (κ2) is 67.6. The summed E-state index contributed by atoms with van der Waals surface area (Å²) >= 11 is 0. The van der Waals surface area contributed by atoms with Gasteiger partial charge in [0.15, 0.2) is 0 Å². The van der Waals surface area contributed by atoms with Gasteiger partial charge in [-0.05, 0) is 64.2 Å². The van der Waals surface area contributed by atoms with E-state index in [9.17, 15) is 19.8 Å². The van der Waals surface area contributed by atoms with E-state index in [0.717, 1.165) is 51.4 Å². The number of hydrogen-bond donors (Lipinski definition) is 3. The molecule has 78 heavy (non-hydrogen) atoms. The molecule has 0 spiro atoms. The molecule has 2 atom stereocenters. The lowest BCUT2D eigenvalue weighted by molar-refractivity contribution is -0.143. The quantitative estimate of drug-likeness (QED) is 0.0320. The minimum Gasteiger partial charge on any atom is -0.466 e. The Morgan fingerprint density at radius 1 is 0.359 bits per heavy atom. The maximum atomic E-state index is 12.5. The molecule has 0 radical (unpaired) electrons. The Kier molecular flexibility index (Phi) is 65.9. The lowest BCUT2D eigenvalue weighted by Gasteiger charge is -2.20. The van der Waals surface area contributed by atoms with Gasteiger partial charge in [0.2, 0.25) is 5.91 Å². The highest BCUT2D eigenvalue weighted by atomic mass is 16.5. The van der Waals surface area contributed by atoms with Gasteiger partial charge in [0, 0.05) is 12.8 Å². The SMILES string of the molecule is CCCCC/C=C\C/C=C\CCCCCCCCCC(=O)OCCCCCCCCCCCCCCCCCCCCCC(=O)NC(CO)C(O)/C=C/CCCCCCCCCCCCCCCCCCCCCCCCC. The molecule has 0 saturated heterocycles. The molecule has 0 aliphatic heterocycles. The summed E-state index contributed by atoms with van der Waals surface area (Å²) in [5, 5.41) is 23.3. The molecule has 3 N–H and O–H groups in total. The predicted molar refractivity (Wildman–Crippen MR) is 343 cm³/mol. The van der Waals surface area contributed by atoms with E-state index in [0.29, 0.717) is 19.4 Å². The van der Waals surface area contributed by atoms with E-state index < -0.39 is 12.1 Å². The minimum absolute atomic E-state index is 0.00132. The number of aliphatic hydroxyl groups is 2. The molecule has 0 saturated carbocycles. The topological polar surface area (TPSA) is 95.9 Å². The van der Waals surface area contributed by atoms with Gasteiger partial charge in [-0.25, -0.2) is 0 Å². The molecule has 0 aromatic rings. The third-order valence-corrected chi connectivity index (χ3v) is 16.4. The van der Waals surface area contributed by atoms with Crippen molar-refractivity contribution in [3.8, 4) is 0 Å². The molecule has 0 rings (SSSR count). The first-order valence-corrected chi connectivity index (χ1v) is 35.3. The van der Waals surface area contributed by atoms with Gasteiger partial charge < -0.3 is 20.3 Å². The van der Waals surface area contributed by atoms with Gasteiger partial charge in [0.1, 0.15) is 0 Å². The number of carbonyl (C=O) groups excluding carboxylic acids is 2. The summed E-state index contributed by atoms with van der Waals surface area (Å²) in [5.41, 5.74) is 0. The summed E-state index contributed by atoms with van der Waals surface area (Å²) in [6.45, 7) is 4.90. The van der Waals surface area contributed by atoms with Crippen LogP contribution in [0.1, 0.15) is 386 Å². The Labute approximate surface area is 487 Å². The highest BCUT2D eigenvalue weighted by Gasteiger charge is 2.18. The largest absolute Gasteiger partial charge is 0.466 e. The van der Waals surface area contributed by atoms with Crippen LogP contribution in [0, 0.1) is 0 Å². The van der Waals surface area contributed by atoms with Crippen molar-refractivity contribution < 1.29 is 24.5 Å². The molecule has 0 bridgehead atoms. The number of ether oxygens (including phenoxy) is 1. The van der Waals surface area contributed by atoms with Crippen LogP contribution in [0.4, 0.5) is 0 Å². The molecular weight excluding hydrogens is 959 g/mol. The van der Waals surface area contributed by atoms with Gasteiger partial charge in [-0.15, -0.1) is 0 Å². The van der Waals surface area contributed by atoms with Crippen LogP contribution in [0.25, 0.3) is 0 Å². The smallest absolute Gasteiger partial charge is 0.305 e. The molecule has 6 heteroatoms. The Morgan fingerprint density at radius 2 is 0.641 bits per heavy atom. The molecule has 0 aromatic heterocycles. The van der Waals surface area contributed by atoms with Crippen LogP contribution in [0.5, 0.6) is 0 Å². The maximum Gasteiger partial charge on any atom is 0.305 e. The van der Waals surface area contributed by atoms with E-state index >= 15 is 0 Å². The Bertz CT molecular complexity index is 1260. The van der Waals surface area contributed by atoms with Crippen molar-refractivity contribution in [3.63, 3.8) is 0 Å². The molecule has 6 nitrogen and oxygen atoms in total. The number of esters is 1. The van der Waals surface area contributed by atoms with Gasteiger partial charge in [-0.3, -0.25) is 9.59 Å².